The maximum absolute atomic E-state index is 12.6. The van der Waals surface area contributed by atoms with Gasteiger partial charge in [-0.05, 0) is 30.0 Å². The van der Waals surface area contributed by atoms with Crippen LogP contribution in [0, 0.1) is 0 Å². The molecule has 0 atom stereocenters. The van der Waals surface area contributed by atoms with Crippen molar-refractivity contribution in [3.8, 4) is 11.4 Å². The van der Waals surface area contributed by atoms with Crippen LogP contribution < -0.4 is 0 Å². The fourth-order valence-electron chi connectivity index (χ4n) is 1.67. The Morgan fingerprint density at radius 1 is 1.17 bits per heavy atom. The number of pyridine rings is 2. The summed E-state index contributed by atoms with van der Waals surface area (Å²) in [5.41, 5.74) is -0.120. The SMILES string of the molecule is FC(F)(F)c1cnc(Sc2n[nH]c(-c3ccncc3)n2)c(Cl)c1. The van der Waals surface area contributed by atoms with Gasteiger partial charge in [0, 0.05) is 24.2 Å². The summed E-state index contributed by atoms with van der Waals surface area (Å²) in [7, 11) is 0. The molecule has 0 unspecified atom stereocenters. The highest BCUT2D eigenvalue weighted by Crippen LogP contribution is 2.35. The van der Waals surface area contributed by atoms with Gasteiger partial charge in [-0.15, -0.1) is 5.10 Å². The number of rotatable bonds is 3. The first-order chi connectivity index (χ1) is 10.9. The Labute approximate surface area is 137 Å². The van der Waals surface area contributed by atoms with Gasteiger partial charge in [0.15, 0.2) is 5.82 Å². The van der Waals surface area contributed by atoms with Gasteiger partial charge < -0.3 is 0 Å². The molecule has 3 heterocycles. The highest BCUT2D eigenvalue weighted by Gasteiger charge is 2.31. The van der Waals surface area contributed by atoms with E-state index in [-0.39, 0.29) is 10.0 Å². The third kappa shape index (κ3) is 3.62. The van der Waals surface area contributed by atoms with Crippen molar-refractivity contribution in [1.82, 2.24) is 25.1 Å². The summed E-state index contributed by atoms with van der Waals surface area (Å²) < 4.78 is 37.7. The van der Waals surface area contributed by atoms with Gasteiger partial charge >= 0.3 is 6.18 Å². The van der Waals surface area contributed by atoms with E-state index in [4.69, 9.17) is 11.6 Å². The number of nitrogens with one attached hydrogen (secondary N) is 1. The molecule has 3 rings (SSSR count). The Bertz CT molecular complexity index is 822. The zero-order valence-corrected chi connectivity index (χ0v) is 12.7. The van der Waals surface area contributed by atoms with Crippen molar-refractivity contribution in [2.45, 2.75) is 16.4 Å². The first kappa shape index (κ1) is 15.8. The minimum absolute atomic E-state index is 0.111. The predicted octanol–water partition coefficient (Wildman–Crippen LogP) is 4.09. The van der Waals surface area contributed by atoms with E-state index in [1.165, 1.54) is 0 Å². The number of aromatic amines is 1. The highest BCUT2D eigenvalue weighted by molar-refractivity contribution is 7.99. The smallest absolute Gasteiger partial charge is 0.265 e. The van der Waals surface area contributed by atoms with Crippen molar-refractivity contribution < 1.29 is 13.2 Å². The van der Waals surface area contributed by atoms with E-state index in [2.05, 4.69) is 25.1 Å². The number of nitrogens with zero attached hydrogens (tertiary/aromatic N) is 4. The zero-order chi connectivity index (χ0) is 16.4. The maximum atomic E-state index is 12.6. The average Bonchev–Trinajstić information content (AvgIpc) is 2.98. The second-order valence-electron chi connectivity index (χ2n) is 4.31. The van der Waals surface area contributed by atoms with Gasteiger partial charge in [0.25, 0.3) is 0 Å². The molecule has 0 amide bonds. The average molecular weight is 358 g/mol. The van der Waals surface area contributed by atoms with Gasteiger partial charge in [0.2, 0.25) is 5.16 Å². The molecule has 0 aromatic carbocycles. The first-order valence-electron chi connectivity index (χ1n) is 6.17. The Balaban J connectivity index is 1.82. The van der Waals surface area contributed by atoms with Gasteiger partial charge in [0.05, 0.1) is 10.6 Å². The minimum Gasteiger partial charge on any atom is -0.265 e. The van der Waals surface area contributed by atoms with Gasteiger partial charge in [0.1, 0.15) is 5.03 Å². The maximum Gasteiger partial charge on any atom is 0.417 e. The van der Waals surface area contributed by atoms with E-state index in [0.29, 0.717) is 11.0 Å². The van der Waals surface area contributed by atoms with Gasteiger partial charge in [-0.1, -0.05) is 11.6 Å². The third-order valence-corrected chi connectivity index (χ3v) is 4.03. The topological polar surface area (TPSA) is 67.3 Å². The Morgan fingerprint density at radius 2 is 1.91 bits per heavy atom. The monoisotopic (exact) mass is 357 g/mol. The van der Waals surface area contributed by atoms with Gasteiger partial charge in [-0.3, -0.25) is 10.1 Å². The molecule has 10 heteroatoms. The molecule has 0 fully saturated rings. The van der Waals surface area contributed by atoms with Crippen LogP contribution in [0.4, 0.5) is 13.2 Å². The summed E-state index contributed by atoms with van der Waals surface area (Å²) in [6.07, 6.45) is -0.540. The molecule has 0 aliphatic heterocycles. The summed E-state index contributed by atoms with van der Waals surface area (Å²) in [5.74, 6) is 0.512. The Morgan fingerprint density at radius 3 is 2.57 bits per heavy atom. The fraction of sp³-hybridized carbons (Fsp3) is 0.0769. The van der Waals surface area contributed by atoms with Crippen LogP contribution in [0.1, 0.15) is 5.56 Å². The molecule has 5 nitrogen and oxygen atoms in total. The lowest BCUT2D eigenvalue weighted by Gasteiger charge is -2.07. The Kier molecular flexibility index (Phi) is 4.22. The van der Waals surface area contributed by atoms with Crippen molar-refractivity contribution in [3.63, 3.8) is 0 Å². The molecule has 0 saturated heterocycles. The van der Waals surface area contributed by atoms with E-state index in [1.807, 2.05) is 0 Å². The molecule has 0 radical (unpaired) electrons. The normalized spacial score (nSPS) is 11.7. The lowest BCUT2D eigenvalue weighted by atomic mass is 10.3. The molecule has 0 bridgehead atoms. The highest BCUT2D eigenvalue weighted by atomic mass is 35.5. The van der Waals surface area contributed by atoms with E-state index in [9.17, 15) is 13.2 Å². The van der Waals surface area contributed by atoms with Crippen LogP contribution in [0.3, 0.4) is 0 Å². The van der Waals surface area contributed by atoms with Crippen LogP contribution in [0.25, 0.3) is 11.4 Å². The number of aromatic nitrogens is 5. The summed E-state index contributed by atoms with van der Waals surface area (Å²) in [6, 6.07) is 4.32. The number of hydrogen-bond acceptors (Lipinski definition) is 5. The van der Waals surface area contributed by atoms with Gasteiger partial charge in [-0.2, -0.15) is 13.2 Å². The summed E-state index contributed by atoms with van der Waals surface area (Å²) in [6.45, 7) is 0. The first-order valence-corrected chi connectivity index (χ1v) is 7.36. The summed E-state index contributed by atoms with van der Waals surface area (Å²) in [5, 5.41) is 7.10. The van der Waals surface area contributed by atoms with E-state index < -0.39 is 11.7 Å². The van der Waals surface area contributed by atoms with Crippen LogP contribution in [0.2, 0.25) is 5.02 Å². The molecular weight excluding hydrogens is 351 g/mol. The summed E-state index contributed by atoms with van der Waals surface area (Å²) >= 11 is 6.82. The summed E-state index contributed by atoms with van der Waals surface area (Å²) in [4.78, 5) is 11.9. The van der Waals surface area contributed by atoms with Gasteiger partial charge in [-0.25, -0.2) is 9.97 Å². The molecule has 3 aromatic rings. The molecular formula is C13H7ClF3N5S. The van der Waals surface area contributed by atoms with Crippen LogP contribution in [-0.4, -0.2) is 25.1 Å². The van der Waals surface area contributed by atoms with Crippen molar-refractivity contribution in [1.29, 1.82) is 0 Å². The molecule has 0 aliphatic carbocycles. The molecule has 0 saturated carbocycles. The molecule has 0 spiro atoms. The molecule has 0 aliphatic rings. The predicted molar refractivity (Wildman–Crippen MR) is 78.0 cm³/mol. The zero-order valence-electron chi connectivity index (χ0n) is 11.2. The van der Waals surface area contributed by atoms with Crippen molar-refractivity contribution in [2.24, 2.45) is 0 Å². The largest absolute Gasteiger partial charge is 0.417 e. The third-order valence-electron chi connectivity index (χ3n) is 2.74. The van der Waals surface area contributed by atoms with Crippen molar-refractivity contribution >= 4 is 23.4 Å². The second kappa shape index (κ2) is 6.17. The van der Waals surface area contributed by atoms with Crippen LogP contribution in [0.5, 0.6) is 0 Å². The number of hydrogen-bond donors (Lipinski definition) is 1. The number of halogens is 4. The lowest BCUT2D eigenvalue weighted by molar-refractivity contribution is -0.137. The molecule has 1 N–H and O–H groups in total. The van der Waals surface area contributed by atoms with Crippen molar-refractivity contribution in [3.05, 3.63) is 47.4 Å². The standard InChI is InChI=1S/C13H7ClF3N5S/c14-9-5-8(13(15,16)17)6-19-11(9)23-12-20-10(21-22-12)7-1-3-18-4-2-7/h1-6H,(H,20,21,22). The van der Waals surface area contributed by atoms with Crippen LogP contribution in [0.15, 0.2) is 47.0 Å². The minimum atomic E-state index is -4.49. The quantitative estimate of drug-likeness (QED) is 0.764. The number of H-pyrrole nitrogens is 1. The lowest BCUT2D eigenvalue weighted by Crippen LogP contribution is -2.05. The van der Waals surface area contributed by atoms with Crippen LogP contribution in [-0.2, 0) is 6.18 Å². The molecule has 23 heavy (non-hydrogen) atoms. The second-order valence-corrected chi connectivity index (χ2v) is 5.68. The van der Waals surface area contributed by atoms with E-state index >= 15 is 0 Å². The van der Waals surface area contributed by atoms with Crippen LogP contribution >= 0.6 is 23.4 Å². The molecule has 3 aromatic heterocycles. The van der Waals surface area contributed by atoms with E-state index in [1.54, 1.807) is 24.5 Å². The van der Waals surface area contributed by atoms with E-state index in [0.717, 1.165) is 29.6 Å². The number of alkyl halides is 3. The fourth-order valence-corrected chi connectivity index (χ4v) is 2.62. The Hall–Kier alpha value is -2.13. The molecule has 118 valence electrons. The van der Waals surface area contributed by atoms with Crippen molar-refractivity contribution in [2.75, 3.05) is 0 Å².